The van der Waals surface area contributed by atoms with Crippen molar-refractivity contribution in [2.24, 2.45) is 11.8 Å². The molecule has 1 aliphatic rings. The van der Waals surface area contributed by atoms with Gasteiger partial charge >= 0.3 is 0 Å². The summed E-state index contributed by atoms with van der Waals surface area (Å²) in [6, 6.07) is 5.52. The van der Waals surface area contributed by atoms with Crippen LogP contribution in [0, 0.1) is 28.9 Å². The lowest BCUT2D eigenvalue weighted by molar-refractivity contribution is -0.384. The van der Waals surface area contributed by atoms with Gasteiger partial charge in [-0.25, -0.2) is 0 Å². The number of hydrogen-bond acceptors (Lipinski definition) is 3. The van der Waals surface area contributed by atoms with Crippen LogP contribution in [0.15, 0.2) is 18.2 Å². The largest absolute Gasteiger partial charge is 0.382 e. The molecule has 2 atom stereocenters. The van der Waals surface area contributed by atoms with Crippen molar-refractivity contribution in [1.29, 1.82) is 0 Å². The van der Waals surface area contributed by atoms with E-state index in [1.54, 1.807) is 12.1 Å². The van der Waals surface area contributed by atoms with Gasteiger partial charge in [-0.1, -0.05) is 20.3 Å². The van der Waals surface area contributed by atoms with E-state index in [4.69, 9.17) is 0 Å². The smallest absolute Gasteiger partial charge is 0.269 e. The second kappa shape index (κ2) is 5.59. The fourth-order valence-corrected chi connectivity index (χ4v) is 3.07. The number of hydrogen-bond donors (Lipinski definition) is 1. The van der Waals surface area contributed by atoms with Gasteiger partial charge in [0.05, 0.1) is 4.92 Å². The van der Waals surface area contributed by atoms with Crippen molar-refractivity contribution in [1.82, 2.24) is 0 Å². The van der Waals surface area contributed by atoms with E-state index in [1.165, 1.54) is 19.3 Å². The van der Waals surface area contributed by atoms with E-state index in [0.29, 0.717) is 17.9 Å². The van der Waals surface area contributed by atoms with Gasteiger partial charge < -0.3 is 5.32 Å². The summed E-state index contributed by atoms with van der Waals surface area (Å²) in [6.45, 7) is 6.50. The maximum Gasteiger partial charge on any atom is 0.269 e. The molecule has 0 amide bonds. The monoisotopic (exact) mass is 262 g/mol. The van der Waals surface area contributed by atoms with Crippen LogP contribution >= 0.6 is 0 Å². The van der Waals surface area contributed by atoms with Crippen molar-refractivity contribution in [2.75, 3.05) is 5.32 Å². The number of nitro groups is 1. The van der Waals surface area contributed by atoms with Gasteiger partial charge in [0.15, 0.2) is 0 Å². The Kier molecular flexibility index (Phi) is 4.08. The van der Waals surface area contributed by atoms with Crippen LogP contribution < -0.4 is 5.32 Å². The number of benzene rings is 1. The fraction of sp³-hybridized carbons (Fsp3) is 0.600. The quantitative estimate of drug-likeness (QED) is 0.658. The molecule has 0 aliphatic heterocycles. The Bertz CT molecular complexity index is 463. The number of non-ortho nitro benzene ring substituents is 1. The molecule has 2 rings (SSSR count). The van der Waals surface area contributed by atoms with Crippen LogP contribution in [-0.4, -0.2) is 11.0 Å². The van der Waals surface area contributed by atoms with Crippen LogP contribution in [0.2, 0.25) is 0 Å². The molecule has 1 N–H and O–H groups in total. The summed E-state index contributed by atoms with van der Waals surface area (Å²) < 4.78 is 0. The lowest BCUT2D eigenvalue weighted by atomic mass is 9.78. The van der Waals surface area contributed by atoms with Crippen LogP contribution in [0.4, 0.5) is 11.4 Å². The molecule has 1 fully saturated rings. The third-order valence-electron chi connectivity index (χ3n) is 4.29. The molecule has 0 bridgehead atoms. The zero-order chi connectivity index (χ0) is 14.0. The summed E-state index contributed by atoms with van der Waals surface area (Å²) in [5.41, 5.74) is 2.13. The minimum atomic E-state index is -0.345. The second-order valence-corrected chi connectivity index (χ2v) is 5.81. The predicted octanol–water partition coefficient (Wildman–Crippen LogP) is 4.14. The topological polar surface area (TPSA) is 55.2 Å². The van der Waals surface area contributed by atoms with Gasteiger partial charge in [-0.3, -0.25) is 10.1 Å². The van der Waals surface area contributed by atoms with E-state index < -0.39 is 0 Å². The molecule has 1 aliphatic carbocycles. The van der Waals surface area contributed by atoms with Crippen LogP contribution in [0.5, 0.6) is 0 Å². The van der Waals surface area contributed by atoms with Gasteiger partial charge in [-0.2, -0.15) is 0 Å². The predicted molar refractivity (Wildman–Crippen MR) is 77.4 cm³/mol. The average Bonchev–Trinajstić information content (AvgIpc) is 2.35. The molecule has 0 saturated heterocycles. The minimum absolute atomic E-state index is 0.160. The standard InChI is InChI=1S/C15H22N2O2/c1-10-5-4-6-11(2)15(10)16-14-8-7-13(17(18)19)9-12(14)3/h7-11,15-16H,4-6H2,1-3H3. The van der Waals surface area contributed by atoms with Gasteiger partial charge in [0.2, 0.25) is 0 Å². The fourth-order valence-electron chi connectivity index (χ4n) is 3.07. The van der Waals surface area contributed by atoms with Crippen molar-refractivity contribution in [3.8, 4) is 0 Å². The molecule has 0 radical (unpaired) electrons. The highest BCUT2D eigenvalue weighted by molar-refractivity contribution is 5.56. The second-order valence-electron chi connectivity index (χ2n) is 5.81. The molecule has 1 aromatic rings. The summed E-state index contributed by atoms with van der Waals surface area (Å²) in [4.78, 5) is 10.4. The molecule has 0 aromatic heterocycles. The summed E-state index contributed by atoms with van der Waals surface area (Å²) in [7, 11) is 0. The number of rotatable bonds is 3. The molecule has 2 unspecified atom stereocenters. The van der Waals surface area contributed by atoms with E-state index in [1.807, 2.05) is 13.0 Å². The Hall–Kier alpha value is -1.58. The van der Waals surface area contributed by atoms with Gasteiger partial charge in [-0.15, -0.1) is 0 Å². The molecule has 0 heterocycles. The number of nitrogens with one attached hydrogen (secondary N) is 1. The van der Waals surface area contributed by atoms with Crippen molar-refractivity contribution in [2.45, 2.75) is 46.1 Å². The van der Waals surface area contributed by atoms with Crippen molar-refractivity contribution in [3.63, 3.8) is 0 Å². The maximum atomic E-state index is 10.7. The summed E-state index contributed by atoms with van der Waals surface area (Å²) >= 11 is 0. The Morgan fingerprint density at radius 2 is 1.89 bits per heavy atom. The first kappa shape index (κ1) is 13.8. The average molecular weight is 262 g/mol. The summed E-state index contributed by atoms with van der Waals surface area (Å²) in [5, 5.41) is 14.3. The third-order valence-corrected chi connectivity index (χ3v) is 4.29. The Morgan fingerprint density at radius 1 is 1.26 bits per heavy atom. The van der Waals surface area contributed by atoms with Gasteiger partial charge in [0, 0.05) is 23.9 Å². The number of nitro benzene ring substituents is 1. The third kappa shape index (κ3) is 3.06. The number of nitrogens with zero attached hydrogens (tertiary/aromatic N) is 1. The lowest BCUT2D eigenvalue weighted by Crippen LogP contribution is -2.37. The van der Waals surface area contributed by atoms with Gasteiger partial charge in [-0.05, 0) is 43.2 Å². The lowest BCUT2D eigenvalue weighted by Gasteiger charge is -2.36. The van der Waals surface area contributed by atoms with Crippen LogP contribution in [0.3, 0.4) is 0 Å². The molecule has 4 heteroatoms. The SMILES string of the molecule is Cc1cc([N+](=O)[O-])ccc1NC1C(C)CCCC1C. The Labute approximate surface area is 114 Å². The number of aryl methyl sites for hydroxylation is 1. The zero-order valence-corrected chi connectivity index (χ0v) is 11.8. The van der Waals surface area contributed by atoms with Crippen molar-refractivity contribution in [3.05, 3.63) is 33.9 Å². The number of anilines is 1. The van der Waals surface area contributed by atoms with Crippen molar-refractivity contribution >= 4 is 11.4 Å². The van der Waals surface area contributed by atoms with Gasteiger partial charge in [0.25, 0.3) is 5.69 Å². The molecular formula is C15H22N2O2. The highest BCUT2D eigenvalue weighted by atomic mass is 16.6. The van der Waals surface area contributed by atoms with E-state index in [2.05, 4.69) is 19.2 Å². The Balaban J connectivity index is 2.16. The molecule has 19 heavy (non-hydrogen) atoms. The van der Waals surface area contributed by atoms with Crippen molar-refractivity contribution < 1.29 is 4.92 Å². The first-order valence-corrected chi connectivity index (χ1v) is 7.00. The zero-order valence-electron chi connectivity index (χ0n) is 11.8. The molecule has 0 spiro atoms. The van der Waals surface area contributed by atoms with E-state index >= 15 is 0 Å². The molecule has 1 saturated carbocycles. The van der Waals surface area contributed by atoms with Crippen LogP contribution in [-0.2, 0) is 0 Å². The maximum absolute atomic E-state index is 10.7. The highest BCUT2D eigenvalue weighted by Gasteiger charge is 2.27. The van der Waals surface area contributed by atoms with Gasteiger partial charge in [0.1, 0.15) is 0 Å². The first-order valence-electron chi connectivity index (χ1n) is 7.00. The Morgan fingerprint density at radius 3 is 2.42 bits per heavy atom. The molecule has 4 nitrogen and oxygen atoms in total. The highest BCUT2D eigenvalue weighted by Crippen LogP contribution is 2.32. The summed E-state index contributed by atoms with van der Waals surface area (Å²) in [5.74, 6) is 1.30. The molecular weight excluding hydrogens is 240 g/mol. The van der Waals surface area contributed by atoms with Crippen LogP contribution in [0.25, 0.3) is 0 Å². The van der Waals surface area contributed by atoms with Crippen LogP contribution in [0.1, 0.15) is 38.7 Å². The first-order chi connectivity index (χ1) is 8.99. The minimum Gasteiger partial charge on any atom is -0.382 e. The van der Waals surface area contributed by atoms with E-state index in [0.717, 1.165) is 11.3 Å². The van der Waals surface area contributed by atoms with E-state index in [9.17, 15) is 10.1 Å². The van der Waals surface area contributed by atoms with E-state index in [-0.39, 0.29) is 10.6 Å². The molecule has 1 aromatic carbocycles. The summed E-state index contributed by atoms with van der Waals surface area (Å²) in [6.07, 6.45) is 3.82. The molecule has 104 valence electrons. The normalized spacial score (nSPS) is 27.0.